The SMILES string of the molecule is CC(=O)c1ccc(/C=C(\CB2OC(C)(C)C(C)(C)O2)[Si](C)(C)c2ccccc2)cc1. The van der Waals surface area contributed by atoms with Crippen molar-refractivity contribution >= 4 is 32.2 Å². The van der Waals surface area contributed by atoms with Crippen molar-refractivity contribution < 1.29 is 14.1 Å². The zero-order chi connectivity index (χ0) is 22.2. The summed E-state index contributed by atoms with van der Waals surface area (Å²) in [7, 11) is -2.22. The van der Waals surface area contributed by atoms with Crippen molar-refractivity contribution in [1.29, 1.82) is 0 Å². The number of carbonyl (C=O) groups excluding carboxylic acids is 1. The Morgan fingerprint density at radius 2 is 1.47 bits per heavy atom. The van der Waals surface area contributed by atoms with Gasteiger partial charge in [-0.15, -0.1) is 0 Å². The van der Waals surface area contributed by atoms with Crippen LogP contribution >= 0.6 is 0 Å². The molecule has 0 bridgehead atoms. The average Bonchev–Trinajstić information content (AvgIpc) is 2.88. The van der Waals surface area contributed by atoms with Gasteiger partial charge in [0.2, 0.25) is 0 Å². The second kappa shape index (κ2) is 8.29. The fourth-order valence-electron chi connectivity index (χ4n) is 3.78. The molecule has 1 aliphatic rings. The quantitative estimate of drug-likeness (QED) is 0.456. The minimum Gasteiger partial charge on any atom is -0.403 e. The van der Waals surface area contributed by atoms with Gasteiger partial charge in [-0.25, -0.2) is 0 Å². The van der Waals surface area contributed by atoms with E-state index in [1.807, 2.05) is 24.3 Å². The number of rotatable bonds is 6. The molecule has 0 aromatic heterocycles. The summed E-state index contributed by atoms with van der Waals surface area (Å²) in [6.07, 6.45) is 3.00. The third-order valence-corrected chi connectivity index (χ3v) is 10.4. The first kappa shape index (κ1) is 22.7. The van der Waals surface area contributed by atoms with Crippen molar-refractivity contribution in [2.24, 2.45) is 0 Å². The van der Waals surface area contributed by atoms with E-state index in [4.69, 9.17) is 9.31 Å². The average molecular weight is 420 g/mol. The molecule has 3 rings (SSSR count). The van der Waals surface area contributed by atoms with E-state index in [0.29, 0.717) is 0 Å². The lowest BCUT2D eigenvalue weighted by Crippen LogP contribution is -2.45. The lowest BCUT2D eigenvalue weighted by atomic mass is 9.84. The van der Waals surface area contributed by atoms with Crippen LogP contribution in [-0.2, 0) is 9.31 Å². The van der Waals surface area contributed by atoms with Crippen LogP contribution in [0.4, 0.5) is 0 Å². The second-order valence-corrected chi connectivity index (χ2v) is 14.2. The Bertz CT molecular complexity index is 915. The summed E-state index contributed by atoms with van der Waals surface area (Å²) in [5.74, 6) is 0.0851. The van der Waals surface area contributed by atoms with Crippen LogP contribution in [0.3, 0.4) is 0 Å². The van der Waals surface area contributed by atoms with Crippen LogP contribution < -0.4 is 5.19 Å². The smallest absolute Gasteiger partial charge is 0.403 e. The van der Waals surface area contributed by atoms with Gasteiger partial charge in [-0.2, -0.15) is 0 Å². The standard InChI is InChI=1S/C25H33BO3Si/c1-19(27)21-15-13-20(14-16-21)17-23(30(6,7)22-11-9-8-10-12-22)18-26-28-24(2,3)25(4,5)29-26/h8-17H,18H2,1-7H3/b23-17+. The van der Waals surface area contributed by atoms with Gasteiger partial charge >= 0.3 is 7.12 Å². The van der Waals surface area contributed by atoms with Gasteiger partial charge in [-0.3, -0.25) is 4.79 Å². The van der Waals surface area contributed by atoms with Gasteiger partial charge in [-0.05, 0) is 40.2 Å². The summed E-state index contributed by atoms with van der Waals surface area (Å²) in [5.41, 5.74) is 1.15. The van der Waals surface area contributed by atoms with E-state index in [9.17, 15) is 4.79 Å². The molecule has 1 heterocycles. The van der Waals surface area contributed by atoms with E-state index in [0.717, 1.165) is 17.4 Å². The molecule has 0 N–H and O–H groups in total. The third-order valence-electron chi connectivity index (χ3n) is 6.65. The maximum Gasteiger partial charge on any atom is 0.461 e. The Hall–Kier alpha value is -1.95. The van der Waals surface area contributed by atoms with Crippen LogP contribution in [0.5, 0.6) is 0 Å². The minimum absolute atomic E-state index is 0.0851. The molecule has 2 aromatic rings. The van der Waals surface area contributed by atoms with Crippen molar-refractivity contribution in [2.75, 3.05) is 0 Å². The Labute approximate surface area is 182 Å². The molecule has 30 heavy (non-hydrogen) atoms. The third kappa shape index (κ3) is 4.69. The van der Waals surface area contributed by atoms with Gasteiger partial charge < -0.3 is 9.31 Å². The van der Waals surface area contributed by atoms with Crippen molar-refractivity contribution in [3.63, 3.8) is 0 Å². The topological polar surface area (TPSA) is 35.5 Å². The maximum atomic E-state index is 11.6. The Morgan fingerprint density at radius 3 is 1.97 bits per heavy atom. The minimum atomic E-state index is -1.95. The monoisotopic (exact) mass is 420 g/mol. The van der Waals surface area contributed by atoms with Crippen LogP contribution in [0.15, 0.2) is 59.8 Å². The number of hydrogen-bond donors (Lipinski definition) is 0. The van der Waals surface area contributed by atoms with Crippen molar-refractivity contribution in [2.45, 2.75) is 65.2 Å². The first-order valence-electron chi connectivity index (χ1n) is 10.7. The number of benzene rings is 2. The molecule has 2 aromatic carbocycles. The summed E-state index contributed by atoms with van der Waals surface area (Å²) in [6.45, 7) is 14.7. The molecular formula is C25H33BO3Si. The van der Waals surface area contributed by atoms with E-state index in [1.54, 1.807) is 6.92 Å². The lowest BCUT2D eigenvalue weighted by Gasteiger charge is -2.32. The van der Waals surface area contributed by atoms with Gasteiger partial charge in [0.25, 0.3) is 0 Å². The first-order chi connectivity index (χ1) is 13.9. The summed E-state index contributed by atoms with van der Waals surface area (Å²) >= 11 is 0. The normalized spacial score (nSPS) is 18.5. The van der Waals surface area contributed by atoms with Gasteiger partial charge in [-0.1, -0.05) is 84.2 Å². The molecule has 158 valence electrons. The van der Waals surface area contributed by atoms with Crippen LogP contribution in [0.2, 0.25) is 19.4 Å². The molecule has 3 nitrogen and oxygen atoms in total. The number of hydrogen-bond acceptors (Lipinski definition) is 3. The molecule has 0 radical (unpaired) electrons. The van der Waals surface area contributed by atoms with Gasteiger partial charge in [0, 0.05) is 11.9 Å². The van der Waals surface area contributed by atoms with Crippen molar-refractivity contribution in [3.8, 4) is 0 Å². The fourth-order valence-corrected chi connectivity index (χ4v) is 6.38. The summed E-state index contributed by atoms with van der Waals surface area (Å²) < 4.78 is 12.7. The molecule has 0 atom stereocenters. The fraction of sp³-hybridized carbons (Fsp3) is 0.400. The predicted molar refractivity (Wildman–Crippen MR) is 129 cm³/mol. The van der Waals surface area contributed by atoms with E-state index in [1.165, 1.54) is 10.4 Å². The number of allylic oxidation sites excluding steroid dienone is 1. The van der Waals surface area contributed by atoms with E-state index in [2.05, 4.69) is 77.2 Å². The highest BCUT2D eigenvalue weighted by Crippen LogP contribution is 2.39. The number of carbonyl (C=O) groups is 1. The molecular weight excluding hydrogens is 387 g/mol. The summed E-state index contributed by atoms with van der Waals surface area (Å²) in [6, 6.07) is 18.6. The highest BCUT2D eigenvalue weighted by molar-refractivity contribution is 6.96. The highest BCUT2D eigenvalue weighted by Gasteiger charge is 2.51. The number of Topliss-reactive ketones (excluding diaryl/α,β-unsaturated/α-hetero) is 1. The summed E-state index contributed by atoms with van der Waals surface area (Å²) in [4.78, 5) is 11.6. The molecule has 5 heteroatoms. The highest BCUT2D eigenvalue weighted by atomic mass is 28.3. The molecule has 0 amide bonds. The zero-order valence-corrected chi connectivity index (χ0v) is 20.3. The zero-order valence-electron chi connectivity index (χ0n) is 19.3. The van der Waals surface area contributed by atoms with Crippen LogP contribution in [0.1, 0.15) is 50.5 Å². The Kier molecular flexibility index (Phi) is 6.28. The van der Waals surface area contributed by atoms with Crippen LogP contribution in [-0.4, -0.2) is 32.2 Å². The van der Waals surface area contributed by atoms with Gasteiger partial charge in [0.15, 0.2) is 5.78 Å². The molecule has 1 saturated heterocycles. The Balaban J connectivity index is 1.98. The van der Waals surface area contributed by atoms with Crippen LogP contribution in [0.25, 0.3) is 6.08 Å². The lowest BCUT2D eigenvalue weighted by molar-refractivity contribution is 0.00578. The second-order valence-electron chi connectivity index (χ2n) is 9.73. The molecule has 1 aliphatic heterocycles. The van der Waals surface area contributed by atoms with E-state index in [-0.39, 0.29) is 24.1 Å². The first-order valence-corrected chi connectivity index (χ1v) is 13.7. The maximum absolute atomic E-state index is 11.6. The largest absolute Gasteiger partial charge is 0.461 e. The van der Waals surface area contributed by atoms with Crippen LogP contribution in [0, 0.1) is 0 Å². The molecule has 0 saturated carbocycles. The van der Waals surface area contributed by atoms with E-state index >= 15 is 0 Å². The molecule has 0 aliphatic carbocycles. The molecule has 1 fully saturated rings. The Morgan fingerprint density at radius 1 is 0.933 bits per heavy atom. The number of ketones is 1. The summed E-state index contributed by atoms with van der Waals surface area (Å²) in [5, 5.41) is 2.75. The van der Waals surface area contributed by atoms with E-state index < -0.39 is 8.07 Å². The van der Waals surface area contributed by atoms with Gasteiger partial charge in [0.05, 0.1) is 11.2 Å². The molecule has 0 spiro atoms. The molecule has 0 unspecified atom stereocenters. The van der Waals surface area contributed by atoms with Gasteiger partial charge in [0.1, 0.15) is 8.07 Å². The predicted octanol–water partition coefficient (Wildman–Crippen LogP) is 5.52. The van der Waals surface area contributed by atoms with Crippen molar-refractivity contribution in [3.05, 3.63) is 70.9 Å². The van der Waals surface area contributed by atoms with Crippen molar-refractivity contribution in [1.82, 2.24) is 0 Å².